The molecule has 1 nitrogen and oxygen atoms in total. The fourth-order valence-electron chi connectivity index (χ4n) is 2.02. The molecule has 0 aliphatic heterocycles. The zero-order chi connectivity index (χ0) is 9.10. The summed E-state index contributed by atoms with van der Waals surface area (Å²) >= 11 is 0. The second-order valence-electron chi connectivity index (χ2n) is 3.57. The molecule has 0 spiro atoms. The molecule has 0 radical (unpaired) electrons. The van der Waals surface area contributed by atoms with E-state index in [2.05, 4.69) is 6.07 Å². The summed E-state index contributed by atoms with van der Waals surface area (Å²) in [4.78, 5) is 0. The summed E-state index contributed by atoms with van der Waals surface area (Å²) in [5.74, 6) is 0. The molecule has 0 unspecified atom stereocenters. The minimum absolute atomic E-state index is 0.179. The van der Waals surface area contributed by atoms with Crippen molar-refractivity contribution in [3.05, 3.63) is 29.3 Å². The molecular weight excluding hydrogens is 179 g/mol. The highest BCUT2D eigenvalue weighted by molar-refractivity contribution is 7.34. The van der Waals surface area contributed by atoms with Gasteiger partial charge in [0.2, 0.25) is 0 Å². The van der Waals surface area contributed by atoms with Crippen LogP contribution in [0.2, 0.25) is 0 Å². The number of hydrogen-bond acceptors (Lipinski definition) is 1. The minimum atomic E-state index is 0.179. The molecule has 0 saturated heterocycles. The van der Waals surface area contributed by atoms with Crippen molar-refractivity contribution in [1.29, 1.82) is 0 Å². The van der Waals surface area contributed by atoms with Gasteiger partial charge in [0.1, 0.15) is 0 Å². The molecule has 0 atom stereocenters. The van der Waals surface area contributed by atoms with Gasteiger partial charge in [0.25, 0.3) is 0 Å². The maximum absolute atomic E-state index is 10.9. The molecule has 0 saturated carbocycles. The molecule has 1 aromatic carbocycles. The first-order chi connectivity index (χ1) is 6.42. The molecule has 0 bridgehead atoms. The predicted octanol–water partition coefficient (Wildman–Crippen LogP) is 2.87. The summed E-state index contributed by atoms with van der Waals surface area (Å²) in [5, 5.41) is 0.999. The molecule has 13 heavy (non-hydrogen) atoms. The van der Waals surface area contributed by atoms with Crippen LogP contribution in [-0.4, -0.2) is 0 Å². The third-order valence-corrected chi connectivity index (χ3v) is 3.34. The highest BCUT2D eigenvalue weighted by Crippen LogP contribution is 2.20. The van der Waals surface area contributed by atoms with Gasteiger partial charge in [-0.2, -0.15) is 0 Å². The molecular formula is C11H13OP. The number of hydrogen-bond donors (Lipinski definition) is 0. The lowest BCUT2D eigenvalue weighted by Crippen LogP contribution is -2.05. The molecule has 1 aliphatic rings. The van der Waals surface area contributed by atoms with E-state index in [4.69, 9.17) is 0 Å². The van der Waals surface area contributed by atoms with E-state index in [-0.39, 0.29) is 8.46 Å². The fourth-order valence-corrected chi connectivity index (χ4v) is 2.54. The first kappa shape index (κ1) is 8.90. The summed E-state index contributed by atoms with van der Waals surface area (Å²) in [7, 11) is 0.179. The van der Waals surface area contributed by atoms with Crippen LogP contribution in [0.1, 0.15) is 30.4 Å². The first-order valence-corrected chi connectivity index (χ1v) is 5.67. The maximum Gasteiger partial charge on any atom is 0.192 e. The second-order valence-corrected chi connectivity index (χ2v) is 4.23. The molecule has 0 amide bonds. The molecule has 0 aromatic heterocycles. The largest absolute Gasteiger partial charge is 0.269 e. The molecule has 1 aromatic rings. The lowest BCUT2D eigenvalue weighted by molar-refractivity contribution is 0.603. The second kappa shape index (κ2) is 4.02. The van der Waals surface area contributed by atoms with Crippen molar-refractivity contribution < 1.29 is 4.57 Å². The van der Waals surface area contributed by atoms with Gasteiger partial charge in [0, 0.05) is 5.30 Å². The topological polar surface area (TPSA) is 17.1 Å². The van der Waals surface area contributed by atoms with Gasteiger partial charge >= 0.3 is 0 Å². The Kier molecular flexibility index (Phi) is 2.75. The minimum Gasteiger partial charge on any atom is -0.269 e. The SMILES string of the molecule is O=Pc1cccc2c1CCCCC2. The van der Waals surface area contributed by atoms with E-state index in [1.807, 2.05) is 12.1 Å². The van der Waals surface area contributed by atoms with Crippen LogP contribution in [0, 0.1) is 0 Å². The van der Waals surface area contributed by atoms with Crippen LogP contribution in [0.3, 0.4) is 0 Å². The van der Waals surface area contributed by atoms with Gasteiger partial charge in [-0.15, -0.1) is 0 Å². The van der Waals surface area contributed by atoms with E-state index in [1.165, 1.54) is 36.8 Å². The summed E-state index contributed by atoms with van der Waals surface area (Å²) < 4.78 is 10.9. The third kappa shape index (κ3) is 1.81. The van der Waals surface area contributed by atoms with Crippen LogP contribution >= 0.6 is 8.46 Å². The van der Waals surface area contributed by atoms with E-state index < -0.39 is 0 Å². The van der Waals surface area contributed by atoms with Crippen molar-refractivity contribution in [1.82, 2.24) is 0 Å². The first-order valence-electron chi connectivity index (χ1n) is 4.86. The van der Waals surface area contributed by atoms with Crippen molar-refractivity contribution in [3.8, 4) is 0 Å². The number of aryl methyl sites for hydroxylation is 1. The fraction of sp³-hybridized carbons (Fsp3) is 0.455. The Bertz CT molecular complexity index is 320. The van der Waals surface area contributed by atoms with Crippen LogP contribution in [-0.2, 0) is 17.4 Å². The summed E-state index contributed by atoms with van der Waals surface area (Å²) in [6, 6.07) is 6.17. The number of benzene rings is 1. The van der Waals surface area contributed by atoms with E-state index in [9.17, 15) is 4.57 Å². The molecule has 0 fully saturated rings. The molecule has 0 heterocycles. The lowest BCUT2D eigenvalue weighted by Gasteiger charge is -2.06. The van der Waals surface area contributed by atoms with Crippen LogP contribution in [0.15, 0.2) is 18.2 Å². The Morgan fingerprint density at radius 3 is 2.77 bits per heavy atom. The molecule has 68 valence electrons. The molecule has 0 N–H and O–H groups in total. The monoisotopic (exact) mass is 192 g/mol. The quantitative estimate of drug-likeness (QED) is 0.494. The van der Waals surface area contributed by atoms with E-state index >= 15 is 0 Å². The average molecular weight is 192 g/mol. The van der Waals surface area contributed by atoms with Crippen molar-refractivity contribution >= 4 is 13.8 Å². The van der Waals surface area contributed by atoms with Gasteiger partial charge in [-0.05, 0) is 42.9 Å². The lowest BCUT2D eigenvalue weighted by atomic mass is 10.0. The number of rotatable bonds is 1. The van der Waals surface area contributed by atoms with Gasteiger partial charge < -0.3 is 0 Å². The zero-order valence-corrected chi connectivity index (χ0v) is 8.52. The van der Waals surface area contributed by atoms with Crippen molar-refractivity contribution in [3.63, 3.8) is 0 Å². The Balaban J connectivity index is 2.45. The van der Waals surface area contributed by atoms with Gasteiger partial charge in [-0.3, -0.25) is 4.57 Å². The number of fused-ring (bicyclic) bond motifs is 1. The predicted molar refractivity (Wildman–Crippen MR) is 54.9 cm³/mol. The Hall–Kier alpha value is -0.680. The normalized spacial score (nSPS) is 16.6. The Morgan fingerprint density at radius 1 is 1.08 bits per heavy atom. The highest BCUT2D eigenvalue weighted by Gasteiger charge is 2.11. The summed E-state index contributed by atoms with van der Waals surface area (Å²) in [5.41, 5.74) is 2.76. The van der Waals surface area contributed by atoms with E-state index in [0.717, 1.165) is 11.7 Å². The third-order valence-electron chi connectivity index (χ3n) is 2.72. The summed E-state index contributed by atoms with van der Waals surface area (Å²) in [6.45, 7) is 0. The van der Waals surface area contributed by atoms with Crippen LogP contribution in [0.5, 0.6) is 0 Å². The van der Waals surface area contributed by atoms with Gasteiger partial charge in [0.05, 0.1) is 0 Å². The van der Waals surface area contributed by atoms with Crippen molar-refractivity contribution in [2.75, 3.05) is 0 Å². The maximum atomic E-state index is 10.9. The van der Waals surface area contributed by atoms with Gasteiger partial charge in [-0.25, -0.2) is 0 Å². The van der Waals surface area contributed by atoms with Gasteiger partial charge in [0.15, 0.2) is 8.46 Å². The summed E-state index contributed by atoms with van der Waals surface area (Å²) in [6.07, 6.45) is 6.12. The Morgan fingerprint density at radius 2 is 1.92 bits per heavy atom. The molecule has 2 heteroatoms. The molecule has 2 rings (SSSR count). The van der Waals surface area contributed by atoms with Crippen molar-refractivity contribution in [2.24, 2.45) is 0 Å². The van der Waals surface area contributed by atoms with E-state index in [1.54, 1.807) is 0 Å². The Labute approximate surface area is 80.4 Å². The zero-order valence-electron chi connectivity index (χ0n) is 7.62. The van der Waals surface area contributed by atoms with Crippen LogP contribution in [0.4, 0.5) is 0 Å². The van der Waals surface area contributed by atoms with Crippen molar-refractivity contribution in [2.45, 2.75) is 32.1 Å². The van der Waals surface area contributed by atoms with Crippen LogP contribution in [0.25, 0.3) is 0 Å². The smallest absolute Gasteiger partial charge is 0.192 e. The highest BCUT2D eigenvalue weighted by atomic mass is 31.1. The molecule has 1 aliphatic carbocycles. The average Bonchev–Trinajstić information content (AvgIpc) is 2.41. The van der Waals surface area contributed by atoms with Gasteiger partial charge in [-0.1, -0.05) is 18.6 Å². The van der Waals surface area contributed by atoms with Crippen LogP contribution < -0.4 is 5.30 Å². The standard InChI is InChI=1S/C11H13OP/c12-13-11-8-4-6-9-5-2-1-3-7-10(9)11/h4,6,8H,1-3,5,7H2. The van der Waals surface area contributed by atoms with E-state index in [0.29, 0.717) is 0 Å².